The van der Waals surface area contributed by atoms with Gasteiger partial charge in [-0.25, -0.2) is 0 Å². The fraction of sp³-hybridized carbons (Fsp3) is 0.650. The summed E-state index contributed by atoms with van der Waals surface area (Å²) < 4.78 is 11.7. The molecule has 2 heterocycles. The van der Waals surface area contributed by atoms with Crippen LogP contribution in [0.25, 0.3) is 0 Å². The quantitative estimate of drug-likeness (QED) is 0.622. The molecule has 144 valence electrons. The molecule has 0 radical (unpaired) electrons. The van der Waals surface area contributed by atoms with E-state index >= 15 is 0 Å². The molecule has 0 aliphatic carbocycles. The molecule has 2 unspecified atom stereocenters. The van der Waals surface area contributed by atoms with Crippen LogP contribution in [0, 0.1) is 5.92 Å². The van der Waals surface area contributed by atoms with Gasteiger partial charge in [-0.15, -0.1) is 0 Å². The lowest BCUT2D eigenvalue weighted by Crippen LogP contribution is -2.48. The number of para-hydroxylation sites is 2. The Bertz CT molecular complexity index is 605. The van der Waals surface area contributed by atoms with Gasteiger partial charge in [0.05, 0.1) is 6.54 Å². The van der Waals surface area contributed by atoms with E-state index in [4.69, 9.17) is 9.47 Å². The van der Waals surface area contributed by atoms with E-state index in [2.05, 4.69) is 34.4 Å². The number of aliphatic imine (C=N–C) groups is 1. The van der Waals surface area contributed by atoms with Crippen LogP contribution in [0.5, 0.6) is 11.5 Å². The molecule has 26 heavy (non-hydrogen) atoms. The second kappa shape index (κ2) is 9.12. The van der Waals surface area contributed by atoms with Gasteiger partial charge in [-0.3, -0.25) is 4.99 Å². The highest BCUT2D eigenvalue weighted by molar-refractivity contribution is 5.79. The number of piperidine rings is 1. The minimum atomic E-state index is -0.0189. The maximum Gasteiger partial charge on any atom is 0.191 e. The predicted octanol–water partition coefficient (Wildman–Crippen LogP) is 2.11. The van der Waals surface area contributed by atoms with Crippen LogP contribution in [0.3, 0.4) is 0 Å². The van der Waals surface area contributed by atoms with Gasteiger partial charge in [0.25, 0.3) is 0 Å². The van der Waals surface area contributed by atoms with Crippen LogP contribution in [0.2, 0.25) is 0 Å². The Morgan fingerprint density at radius 3 is 2.77 bits per heavy atom. The van der Waals surface area contributed by atoms with Crippen molar-refractivity contribution in [2.75, 3.05) is 39.8 Å². The highest BCUT2D eigenvalue weighted by Crippen LogP contribution is 2.30. The number of hydrogen-bond acceptors (Lipinski definition) is 4. The van der Waals surface area contributed by atoms with Crippen LogP contribution >= 0.6 is 0 Å². The molecule has 0 amide bonds. The van der Waals surface area contributed by atoms with E-state index in [1.54, 1.807) is 0 Å². The number of nitrogens with one attached hydrogen (secondary N) is 2. The van der Waals surface area contributed by atoms with Crippen LogP contribution in [0.4, 0.5) is 0 Å². The number of likely N-dealkylation sites (tertiary alicyclic amines) is 1. The Labute approximate surface area is 157 Å². The van der Waals surface area contributed by atoms with Crippen molar-refractivity contribution in [3.8, 4) is 11.5 Å². The minimum absolute atomic E-state index is 0.0189. The summed E-state index contributed by atoms with van der Waals surface area (Å²) in [6.07, 6.45) is 2.54. The maximum atomic E-state index is 5.98. The second-order valence-electron chi connectivity index (χ2n) is 7.43. The van der Waals surface area contributed by atoms with Crippen molar-refractivity contribution in [3.05, 3.63) is 24.3 Å². The standard InChI is InChI=1S/C20H32N4O2/c1-15(2)24-10-6-7-16(13-24)11-22-20(21-3)23-12-17-14-25-18-8-4-5-9-19(18)26-17/h4-5,8-9,15-17H,6-7,10-14H2,1-3H3,(H2,21,22,23). The lowest BCUT2D eigenvalue weighted by molar-refractivity contribution is 0.0935. The molecule has 6 nitrogen and oxygen atoms in total. The zero-order chi connectivity index (χ0) is 18.4. The zero-order valence-electron chi connectivity index (χ0n) is 16.2. The number of benzene rings is 1. The first kappa shape index (κ1) is 18.8. The summed E-state index contributed by atoms with van der Waals surface area (Å²) in [5, 5.41) is 6.84. The third kappa shape index (κ3) is 5.04. The first-order valence-corrected chi connectivity index (χ1v) is 9.72. The van der Waals surface area contributed by atoms with Crippen molar-refractivity contribution < 1.29 is 9.47 Å². The average molecular weight is 361 g/mol. The molecule has 0 bridgehead atoms. The Morgan fingerprint density at radius 1 is 1.23 bits per heavy atom. The first-order valence-electron chi connectivity index (χ1n) is 9.72. The topological polar surface area (TPSA) is 58.1 Å². The number of guanidine groups is 1. The van der Waals surface area contributed by atoms with E-state index in [1.165, 1.54) is 19.4 Å². The van der Waals surface area contributed by atoms with Crippen molar-refractivity contribution in [1.82, 2.24) is 15.5 Å². The molecule has 1 saturated heterocycles. The molecule has 0 spiro atoms. The summed E-state index contributed by atoms with van der Waals surface area (Å²) in [6, 6.07) is 8.42. The van der Waals surface area contributed by atoms with Gasteiger partial charge in [0, 0.05) is 26.2 Å². The van der Waals surface area contributed by atoms with Gasteiger partial charge in [0.15, 0.2) is 17.5 Å². The largest absolute Gasteiger partial charge is 0.486 e. The second-order valence-corrected chi connectivity index (χ2v) is 7.43. The molecule has 6 heteroatoms. The van der Waals surface area contributed by atoms with Gasteiger partial charge >= 0.3 is 0 Å². The number of fused-ring (bicyclic) bond motifs is 1. The molecule has 1 aromatic carbocycles. The SMILES string of the molecule is CN=C(NCC1CCCN(C(C)C)C1)NCC1COc2ccccc2O1. The summed E-state index contributed by atoms with van der Waals surface area (Å²) in [4.78, 5) is 6.91. The van der Waals surface area contributed by atoms with Crippen LogP contribution in [-0.2, 0) is 0 Å². The molecule has 1 aromatic rings. The van der Waals surface area contributed by atoms with Crippen molar-refractivity contribution in [1.29, 1.82) is 0 Å². The molecule has 2 N–H and O–H groups in total. The van der Waals surface area contributed by atoms with E-state index in [9.17, 15) is 0 Å². The molecular formula is C20H32N4O2. The zero-order valence-corrected chi connectivity index (χ0v) is 16.2. The van der Waals surface area contributed by atoms with Gasteiger partial charge < -0.3 is 25.0 Å². The highest BCUT2D eigenvalue weighted by Gasteiger charge is 2.23. The van der Waals surface area contributed by atoms with E-state index in [0.29, 0.717) is 25.1 Å². The summed E-state index contributed by atoms with van der Waals surface area (Å²) in [6.45, 7) is 9.11. The van der Waals surface area contributed by atoms with Crippen LogP contribution in [0.1, 0.15) is 26.7 Å². The van der Waals surface area contributed by atoms with Crippen molar-refractivity contribution >= 4 is 5.96 Å². The van der Waals surface area contributed by atoms with Crippen molar-refractivity contribution in [2.24, 2.45) is 10.9 Å². The fourth-order valence-electron chi connectivity index (χ4n) is 3.57. The van der Waals surface area contributed by atoms with Gasteiger partial charge in [-0.05, 0) is 51.3 Å². The number of ether oxygens (including phenoxy) is 2. The Balaban J connectivity index is 1.41. The summed E-state index contributed by atoms with van der Waals surface area (Å²) in [5.41, 5.74) is 0. The molecule has 2 aliphatic rings. The first-order chi connectivity index (χ1) is 12.7. The summed E-state index contributed by atoms with van der Waals surface area (Å²) in [7, 11) is 1.81. The van der Waals surface area contributed by atoms with Crippen LogP contribution in [0.15, 0.2) is 29.3 Å². The maximum absolute atomic E-state index is 5.98. The molecule has 0 aromatic heterocycles. The van der Waals surface area contributed by atoms with E-state index < -0.39 is 0 Å². The van der Waals surface area contributed by atoms with E-state index in [1.807, 2.05) is 31.3 Å². The Morgan fingerprint density at radius 2 is 2.00 bits per heavy atom. The lowest BCUT2D eigenvalue weighted by atomic mass is 9.97. The predicted molar refractivity (Wildman–Crippen MR) is 105 cm³/mol. The molecule has 1 fully saturated rings. The molecule has 0 saturated carbocycles. The number of hydrogen-bond donors (Lipinski definition) is 2. The van der Waals surface area contributed by atoms with Gasteiger partial charge in [-0.1, -0.05) is 12.1 Å². The minimum Gasteiger partial charge on any atom is -0.486 e. The Hall–Kier alpha value is -1.95. The fourth-order valence-corrected chi connectivity index (χ4v) is 3.57. The molecule has 2 atom stereocenters. The van der Waals surface area contributed by atoms with Crippen LogP contribution in [-0.4, -0.2) is 62.8 Å². The third-order valence-corrected chi connectivity index (χ3v) is 5.13. The summed E-state index contributed by atoms with van der Waals surface area (Å²) in [5.74, 6) is 3.13. The molecule has 3 rings (SSSR count). The van der Waals surface area contributed by atoms with Gasteiger partial charge in [0.1, 0.15) is 12.7 Å². The van der Waals surface area contributed by atoms with Gasteiger partial charge in [-0.2, -0.15) is 0 Å². The Kier molecular flexibility index (Phi) is 6.61. The van der Waals surface area contributed by atoms with Crippen molar-refractivity contribution in [2.45, 2.75) is 38.8 Å². The van der Waals surface area contributed by atoms with Crippen molar-refractivity contribution in [3.63, 3.8) is 0 Å². The van der Waals surface area contributed by atoms with E-state index in [0.717, 1.165) is 30.5 Å². The normalized spacial score (nSPS) is 23.8. The third-order valence-electron chi connectivity index (χ3n) is 5.13. The summed E-state index contributed by atoms with van der Waals surface area (Å²) >= 11 is 0. The number of rotatable bonds is 5. The highest BCUT2D eigenvalue weighted by atomic mass is 16.6. The average Bonchev–Trinajstić information content (AvgIpc) is 2.68. The lowest BCUT2D eigenvalue weighted by Gasteiger charge is -2.35. The number of nitrogens with zero attached hydrogens (tertiary/aromatic N) is 2. The molecular weight excluding hydrogens is 328 g/mol. The van der Waals surface area contributed by atoms with Gasteiger partial charge in [0.2, 0.25) is 0 Å². The smallest absolute Gasteiger partial charge is 0.191 e. The monoisotopic (exact) mass is 360 g/mol. The van der Waals surface area contributed by atoms with Crippen LogP contribution < -0.4 is 20.1 Å². The van der Waals surface area contributed by atoms with E-state index in [-0.39, 0.29) is 6.10 Å². The molecule has 2 aliphatic heterocycles.